The first-order valence-electron chi connectivity index (χ1n) is 4.95. The Morgan fingerprint density at radius 2 is 1.81 bits per heavy atom. The predicted molar refractivity (Wildman–Crippen MR) is 70.1 cm³/mol. The third-order valence-corrected chi connectivity index (χ3v) is 3.64. The van der Waals surface area contributed by atoms with Crippen LogP contribution in [-0.4, -0.2) is 4.37 Å². The van der Waals surface area contributed by atoms with Gasteiger partial charge in [-0.2, -0.15) is 4.37 Å². The minimum Gasteiger partial charge on any atom is -0.192 e. The van der Waals surface area contributed by atoms with E-state index >= 15 is 0 Å². The van der Waals surface area contributed by atoms with Gasteiger partial charge >= 0.3 is 0 Å². The molecule has 0 amide bonds. The van der Waals surface area contributed by atoms with Crippen molar-refractivity contribution in [3.05, 3.63) is 53.6 Å². The summed E-state index contributed by atoms with van der Waals surface area (Å²) in [6.45, 7) is 0. The fourth-order valence-corrected chi connectivity index (χ4v) is 2.74. The highest BCUT2D eigenvalue weighted by molar-refractivity contribution is 7.11. The first kappa shape index (κ1) is 9.82. The van der Waals surface area contributed by atoms with Gasteiger partial charge in [-0.25, -0.2) is 0 Å². The van der Waals surface area contributed by atoms with Crippen LogP contribution in [0.4, 0.5) is 0 Å². The minimum atomic E-state index is 0.755. The molecule has 0 aliphatic rings. The Bertz CT molecular complexity index is 631. The van der Waals surface area contributed by atoms with E-state index in [-0.39, 0.29) is 0 Å². The molecular weight excluding hydrogens is 238 g/mol. The highest BCUT2D eigenvalue weighted by atomic mass is 35.5. The summed E-state index contributed by atoms with van der Waals surface area (Å²) in [4.78, 5) is 1.18. The lowest BCUT2D eigenvalue weighted by atomic mass is 10.1. The molecule has 0 atom stereocenters. The van der Waals surface area contributed by atoms with Crippen molar-refractivity contribution in [2.24, 2.45) is 0 Å². The molecule has 78 valence electrons. The largest absolute Gasteiger partial charge is 0.192 e. The van der Waals surface area contributed by atoms with Gasteiger partial charge in [0.05, 0.1) is 10.4 Å². The van der Waals surface area contributed by atoms with Crippen LogP contribution in [0.2, 0.25) is 5.02 Å². The third-order valence-electron chi connectivity index (χ3n) is 2.47. The second-order valence-corrected chi connectivity index (χ2v) is 4.75. The average molecular weight is 246 g/mol. The van der Waals surface area contributed by atoms with Gasteiger partial charge in [0.1, 0.15) is 0 Å². The number of fused-ring (bicyclic) bond motifs is 1. The number of aromatic nitrogens is 1. The Balaban J connectivity index is 2.29. The molecule has 0 N–H and O–H groups in total. The van der Waals surface area contributed by atoms with Crippen molar-refractivity contribution < 1.29 is 0 Å². The summed E-state index contributed by atoms with van der Waals surface area (Å²) in [7, 11) is 0. The zero-order valence-electron chi connectivity index (χ0n) is 8.35. The molecule has 0 aliphatic carbocycles. The second kappa shape index (κ2) is 3.89. The van der Waals surface area contributed by atoms with Gasteiger partial charge in [0.15, 0.2) is 0 Å². The van der Waals surface area contributed by atoms with Crippen LogP contribution in [-0.2, 0) is 0 Å². The van der Waals surface area contributed by atoms with E-state index < -0.39 is 0 Å². The molecule has 0 saturated heterocycles. The molecule has 16 heavy (non-hydrogen) atoms. The molecule has 0 unspecified atom stereocenters. The van der Waals surface area contributed by atoms with E-state index in [4.69, 9.17) is 11.6 Å². The monoisotopic (exact) mass is 245 g/mol. The predicted octanol–water partition coefficient (Wildman–Crippen LogP) is 4.62. The Hall–Kier alpha value is -1.38. The summed E-state index contributed by atoms with van der Waals surface area (Å²) in [6.07, 6.45) is 0. The van der Waals surface area contributed by atoms with Crippen LogP contribution in [0.25, 0.3) is 21.3 Å². The highest BCUT2D eigenvalue weighted by Gasteiger charge is 2.07. The molecule has 0 aliphatic heterocycles. The van der Waals surface area contributed by atoms with E-state index in [0.717, 1.165) is 15.9 Å². The van der Waals surface area contributed by atoms with Crippen LogP contribution in [0.1, 0.15) is 0 Å². The molecule has 3 rings (SSSR count). The van der Waals surface area contributed by atoms with E-state index in [0.29, 0.717) is 0 Å². The van der Waals surface area contributed by atoms with Crippen molar-refractivity contribution in [3.63, 3.8) is 0 Å². The molecule has 0 radical (unpaired) electrons. The van der Waals surface area contributed by atoms with E-state index in [1.54, 1.807) is 0 Å². The number of benzene rings is 2. The minimum absolute atomic E-state index is 0.755. The van der Waals surface area contributed by atoms with Crippen molar-refractivity contribution in [1.82, 2.24) is 4.37 Å². The zero-order chi connectivity index (χ0) is 11.0. The molecule has 0 fully saturated rings. The summed E-state index contributed by atoms with van der Waals surface area (Å²) in [5, 5.41) is 1.88. The number of hydrogen-bond acceptors (Lipinski definition) is 2. The van der Waals surface area contributed by atoms with Crippen molar-refractivity contribution in [2.75, 3.05) is 0 Å². The number of halogens is 1. The lowest BCUT2D eigenvalue weighted by molar-refractivity contribution is 1.66. The molecule has 0 bridgehead atoms. The number of rotatable bonds is 1. The summed E-state index contributed by atoms with van der Waals surface area (Å²) in [5.74, 6) is 0. The molecule has 2 aromatic carbocycles. The van der Waals surface area contributed by atoms with E-state index in [9.17, 15) is 0 Å². The fourth-order valence-electron chi connectivity index (χ4n) is 1.71. The number of nitrogens with zero attached hydrogens (tertiary/aromatic N) is 1. The summed E-state index contributed by atoms with van der Waals surface area (Å²) >= 11 is 7.53. The first-order chi connectivity index (χ1) is 7.84. The van der Waals surface area contributed by atoms with Gasteiger partial charge in [-0.15, -0.1) is 0 Å². The normalized spacial score (nSPS) is 10.8. The van der Waals surface area contributed by atoms with Crippen molar-refractivity contribution in [3.8, 4) is 10.4 Å². The second-order valence-electron chi connectivity index (χ2n) is 3.54. The average Bonchev–Trinajstić information content (AvgIpc) is 2.73. The quantitative estimate of drug-likeness (QED) is 0.610. The SMILES string of the molecule is Clc1ccc2nsc(-c3ccccc3)c2c1. The molecule has 1 aromatic heterocycles. The Morgan fingerprint density at radius 1 is 1.00 bits per heavy atom. The topological polar surface area (TPSA) is 12.9 Å². The van der Waals surface area contributed by atoms with Gasteiger partial charge in [-0.05, 0) is 35.3 Å². The lowest BCUT2D eigenvalue weighted by Crippen LogP contribution is -1.73. The van der Waals surface area contributed by atoms with Crippen molar-refractivity contribution in [1.29, 1.82) is 0 Å². The molecule has 3 heteroatoms. The summed E-state index contributed by atoms with van der Waals surface area (Å²) < 4.78 is 4.42. The van der Waals surface area contributed by atoms with E-state index in [2.05, 4.69) is 16.5 Å². The van der Waals surface area contributed by atoms with E-state index in [1.165, 1.54) is 22.0 Å². The maximum atomic E-state index is 6.01. The molecule has 3 aromatic rings. The zero-order valence-corrected chi connectivity index (χ0v) is 9.92. The summed E-state index contributed by atoms with van der Waals surface area (Å²) in [5.41, 5.74) is 2.20. The van der Waals surface area contributed by atoms with Crippen LogP contribution < -0.4 is 0 Å². The molecule has 0 spiro atoms. The van der Waals surface area contributed by atoms with Crippen LogP contribution in [0.15, 0.2) is 48.5 Å². The lowest BCUT2D eigenvalue weighted by Gasteiger charge is -1.97. The smallest absolute Gasteiger partial charge is 0.0848 e. The number of hydrogen-bond donors (Lipinski definition) is 0. The summed E-state index contributed by atoms with van der Waals surface area (Å²) in [6, 6.07) is 16.1. The molecule has 1 heterocycles. The fraction of sp³-hybridized carbons (Fsp3) is 0. The molecular formula is C13H8ClNS. The Morgan fingerprint density at radius 3 is 2.62 bits per heavy atom. The standard InChI is InChI=1S/C13H8ClNS/c14-10-6-7-12-11(8-10)13(16-15-12)9-4-2-1-3-5-9/h1-8H. The van der Waals surface area contributed by atoms with Gasteiger partial charge in [-0.3, -0.25) is 0 Å². The van der Waals surface area contributed by atoms with Crippen LogP contribution in [0.5, 0.6) is 0 Å². The van der Waals surface area contributed by atoms with Crippen molar-refractivity contribution in [2.45, 2.75) is 0 Å². The van der Waals surface area contributed by atoms with E-state index in [1.807, 2.05) is 36.4 Å². The van der Waals surface area contributed by atoms with Crippen molar-refractivity contribution >= 4 is 34.0 Å². The van der Waals surface area contributed by atoms with Gasteiger partial charge in [0.2, 0.25) is 0 Å². The van der Waals surface area contributed by atoms with Crippen LogP contribution in [0.3, 0.4) is 0 Å². The van der Waals surface area contributed by atoms with Gasteiger partial charge in [0.25, 0.3) is 0 Å². The maximum absolute atomic E-state index is 6.01. The Labute approximate surface area is 102 Å². The van der Waals surface area contributed by atoms with Gasteiger partial charge in [-0.1, -0.05) is 41.9 Å². The van der Waals surface area contributed by atoms with Gasteiger partial charge < -0.3 is 0 Å². The third kappa shape index (κ3) is 1.60. The van der Waals surface area contributed by atoms with Crippen LogP contribution in [0, 0.1) is 0 Å². The molecule has 1 nitrogen and oxygen atoms in total. The Kier molecular flexibility index (Phi) is 2.39. The maximum Gasteiger partial charge on any atom is 0.0848 e. The first-order valence-corrected chi connectivity index (χ1v) is 6.10. The van der Waals surface area contributed by atoms with Gasteiger partial charge in [0, 0.05) is 10.4 Å². The molecule has 0 saturated carbocycles. The highest BCUT2D eigenvalue weighted by Crippen LogP contribution is 2.33. The van der Waals surface area contributed by atoms with Crippen LogP contribution >= 0.6 is 23.1 Å².